The molecular weight excluding hydrogens is 252 g/mol. The third-order valence-corrected chi connectivity index (χ3v) is 3.25. The van der Waals surface area contributed by atoms with Gasteiger partial charge in [0.05, 0.1) is 5.01 Å². The molecule has 0 atom stereocenters. The van der Waals surface area contributed by atoms with Crippen molar-refractivity contribution in [3.05, 3.63) is 16.2 Å². The summed E-state index contributed by atoms with van der Waals surface area (Å²) in [7, 11) is 1.68. The molecule has 2 rings (SSSR count). The van der Waals surface area contributed by atoms with Gasteiger partial charge in [-0.25, -0.2) is 4.98 Å². The average Bonchev–Trinajstić information content (AvgIpc) is 2.98. The Bertz CT molecular complexity index is 483. The van der Waals surface area contributed by atoms with Crippen molar-refractivity contribution in [3.8, 4) is 11.6 Å². The Kier molecular flexibility index (Phi) is 4.80. The number of aryl methyl sites for hydroxylation is 1. The first-order valence-corrected chi connectivity index (χ1v) is 6.68. The SMILES string of the molecule is COCCCc1noc(-c2csc(CCN)n2)n1. The molecular formula is C11H16N4O2S. The number of aromatic nitrogens is 3. The molecule has 0 unspecified atom stereocenters. The van der Waals surface area contributed by atoms with Gasteiger partial charge in [0.2, 0.25) is 0 Å². The van der Waals surface area contributed by atoms with Gasteiger partial charge in [0, 0.05) is 31.9 Å². The van der Waals surface area contributed by atoms with Gasteiger partial charge in [-0.05, 0) is 13.0 Å². The van der Waals surface area contributed by atoms with E-state index in [4.69, 9.17) is 15.0 Å². The van der Waals surface area contributed by atoms with Gasteiger partial charge in [0.25, 0.3) is 5.89 Å². The molecule has 0 saturated heterocycles. The Labute approximate surface area is 109 Å². The monoisotopic (exact) mass is 268 g/mol. The summed E-state index contributed by atoms with van der Waals surface area (Å²) >= 11 is 1.56. The first-order valence-electron chi connectivity index (χ1n) is 5.80. The summed E-state index contributed by atoms with van der Waals surface area (Å²) in [6.45, 7) is 1.29. The minimum Gasteiger partial charge on any atom is -0.385 e. The van der Waals surface area contributed by atoms with Crippen molar-refractivity contribution in [2.45, 2.75) is 19.3 Å². The zero-order valence-corrected chi connectivity index (χ0v) is 11.1. The van der Waals surface area contributed by atoms with Gasteiger partial charge in [0.1, 0.15) is 5.69 Å². The van der Waals surface area contributed by atoms with Crippen LogP contribution < -0.4 is 5.73 Å². The van der Waals surface area contributed by atoms with Crippen LogP contribution >= 0.6 is 11.3 Å². The second-order valence-electron chi connectivity index (χ2n) is 3.78. The number of thiazole rings is 1. The highest BCUT2D eigenvalue weighted by atomic mass is 32.1. The quantitative estimate of drug-likeness (QED) is 0.761. The van der Waals surface area contributed by atoms with E-state index in [2.05, 4.69) is 15.1 Å². The maximum absolute atomic E-state index is 5.48. The minimum absolute atomic E-state index is 0.474. The lowest BCUT2D eigenvalue weighted by Crippen LogP contribution is -2.01. The fraction of sp³-hybridized carbons (Fsp3) is 0.545. The average molecular weight is 268 g/mol. The molecule has 0 aliphatic heterocycles. The van der Waals surface area contributed by atoms with Crippen LogP contribution in [0.1, 0.15) is 17.3 Å². The van der Waals surface area contributed by atoms with Gasteiger partial charge >= 0.3 is 0 Å². The molecule has 2 aromatic heterocycles. The van der Waals surface area contributed by atoms with E-state index >= 15 is 0 Å². The van der Waals surface area contributed by atoms with E-state index in [0.29, 0.717) is 24.9 Å². The number of nitrogens with zero attached hydrogens (tertiary/aromatic N) is 3. The normalized spacial score (nSPS) is 11.0. The molecule has 0 fully saturated rings. The smallest absolute Gasteiger partial charge is 0.277 e. The molecule has 0 saturated carbocycles. The van der Waals surface area contributed by atoms with Gasteiger partial charge < -0.3 is 15.0 Å². The number of ether oxygens (including phenoxy) is 1. The zero-order valence-electron chi connectivity index (χ0n) is 10.3. The first-order chi connectivity index (χ1) is 8.83. The summed E-state index contributed by atoms with van der Waals surface area (Å²) in [4.78, 5) is 8.70. The lowest BCUT2D eigenvalue weighted by atomic mass is 10.3. The standard InChI is InChI=1S/C11H16N4O2S/c1-16-6-2-3-9-14-11(17-15-9)8-7-18-10(13-8)4-5-12/h7H,2-6,12H2,1H3. The van der Waals surface area contributed by atoms with Gasteiger partial charge in [-0.1, -0.05) is 5.16 Å². The molecule has 0 amide bonds. The molecule has 0 aliphatic rings. The van der Waals surface area contributed by atoms with E-state index in [9.17, 15) is 0 Å². The topological polar surface area (TPSA) is 87.1 Å². The van der Waals surface area contributed by atoms with Crippen LogP contribution in [-0.4, -0.2) is 35.4 Å². The molecule has 2 N–H and O–H groups in total. The fourth-order valence-electron chi connectivity index (χ4n) is 1.48. The van der Waals surface area contributed by atoms with Crippen LogP contribution in [0.3, 0.4) is 0 Å². The number of methoxy groups -OCH3 is 1. The number of hydrogen-bond donors (Lipinski definition) is 1. The van der Waals surface area contributed by atoms with Crippen LogP contribution in [0, 0.1) is 0 Å². The van der Waals surface area contributed by atoms with Crippen LogP contribution in [0.15, 0.2) is 9.90 Å². The Morgan fingerprint density at radius 1 is 1.39 bits per heavy atom. The van der Waals surface area contributed by atoms with E-state index < -0.39 is 0 Å². The third kappa shape index (κ3) is 3.34. The van der Waals surface area contributed by atoms with Crippen LogP contribution in [0.4, 0.5) is 0 Å². The van der Waals surface area contributed by atoms with Gasteiger partial charge in [-0.15, -0.1) is 11.3 Å². The number of nitrogens with two attached hydrogens (primary N) is 1. The summed E-state index contributed by atoms with van der Waals surface area (Å²) in [6, 6.07) is 0. The molecule has 18 heavy (non-hydrogen) atoms. The van der Waals surface area contributed by atoms with Gasteiger partial charge in [-0.2, -0.15) is 4.98 Å². The van der Waals surface area contributed by atoms with Crippen LogP contribution in [0.25, 0.3) is 11.6 Å². The summed E-state index contributed by atoms with van der Waals surface area (Å²) < 4.78 is 10.2. The predicted octanol–water partition coefficient (Wildman–Crippen LogP) is 1.27. The number of hydrogen-bond acceptors (Lipinski definition) is 7. The molecule has 6 nitrogen and oxygen atoms in total. The Balaban J connectivity index is 1.99. The van der Waals surface area contributed by atoms with E-state index in [0.717, 1.165) is 30.0 Å². The summed E-state index contributed by atoms with van der Waals surface area (Å²) in [5, 5.41) is 6.82. The molecule has 7 heteroatoms. The highest BCUT2D eigenvalue weighted by molar-refractivity contribution is 7.09. The number of rotatable bonds is 7. The fourth-order valence-corrected chi connectivity index (χ4v) is 2.27. The Hall–Kier alpha value is -1.31. The highest BCUT2D eigenvalue weighted by Crippen LogP contribution is 2.20. The van der Waals surface area contributed by atoms with Crippen molar-refractivity contribution < 1.29 is 9.26 Å². The molecule has 0 spiro atoms. The summed E-state index contributed by atoms with van der Waals surface area (Å²) in [5.41, 5.74) is 6.21. The maximum atomic E-state index is 5.48. The Morgan fingerprint density at radius 3 is 3.06 bits per heavy atom. The Morgan fingerprint density at radius 2 is 2.28 bits per heavy atom. The van der Waals surface area contributed by atoms with Crippen LogP contribution in [-0.2, 0) is 17.6 Å². The van der Waals surface area contributed by atoms with Crippen LogP contribution in [0.2, 0.25) is 0 Å². The molecule has 0 bridgehead atoms. The van der Waals surface area contributed by atoms with E-state index in [-0.39, 0.29) is 0 Å². The lowest BCUT2D eigenvalue weighted by Gasteiger charge is -1.93. The predicted molar refractivity (Wildman–Crippen MR) is 68.4 cm³/mol. The van der Waals surface area contributed by atoms with Gasteiger partial charge in [0.15, 0.2) is 5.82 Å². The third-order valence-electron chi connectivity index (χ3n) is 2.35. The van der Waals surface area contributed by atoms with Crippen molar-refractivity contribution in [1.82, 2.24) is 15.1 Å². The maximum Gasteiger partial charge on any atom is 0.277 e. The second kappa shape index (κ2) is 6.58. The first kappa shape index (κ1) is 13.1. The van der Waals surface area contributed by atoms with Crippen molar-refractivity contribution in [3.63, 3.8) is 0 Å². The molecule has 98 valence electrons. The molecule has 0 aliphatic carbocycles. The van der Waals surface area contributed by atoms with E-state index in [1.54, 1.807) is 18.4 Å². The van der Waals surface area contributed by atoms with Crippen LogP contribution in [0.5, 0.6) is 0 Å². The van der Waals surface area contributed by atoms with E-state index in [1.807, 2.05) is 5.38 Å². The van der Waals surface area contributed by atoms with Gasteiger partial charge in [-0.3, -0.25) is 0 Å². The van der Waals surface area contributed by atoms with Crippen molar-refractivity contribution >= 4 is 11.3 Å². The summed E-state index contributed by atoms with van der Waals surface area (Å²) in [6.07, 6.45) is 2.40. The zero-order chi connectivity index (χ0) is 12.8. The van der Waals surface area contributed by atoms with Crippen molar-refractivity contribution in [2.24, 2.45) is 5.73 Å². The summed E-state index contributed by atoms with van der Waals surface area (Å²) in [5.74, 6) is 1.16. The minimum atomic E-state index is 0.474. The molecule has 0 aromatic carbocycles. The molecule has 0 radical (unpaired) electrons. The molecule has 2 heterocycles. The van der Waals surface area contributed by atoms with Crippen molar-refractivity contribution in [1.29, 1.82) is 0 Å². The second-order valence-corrected chi connectivity index (χ2v) is 4.72. The molecule has 2 aromatic rings. The largest absolute Gasteiger partial charge is 0.385 e. The highest BCUT2D eigenvalue weighted by Gasteiger charge is 2.12. The lowest BCUT2D eigenvalue weighted by molar-refractivity contribution is 0.194. The van der Waals surface area contributed by atoms with Crippen molar-refractivity contribution in [2.75, 3.05) is 20.3 Å². The van der Waals surface area contributed by atoms with E-state index in [1.165, 1.54) is 0 Å².